The number of rotatable bonds is 6. The number of ether oxygens (including phenoxy) is 2. The van der Waals surface area contributed by atoms with Gasteiger partial charge < -0.3 is 20.3 Å². The summed E-state index contributed by atoms with van der Waals surface area (Å²) in [6.07, 6.45) is -0.273. The number of benzene rings is 1. The predicted molar refractivity (Wildman–Crippen MR) is 63.5 cm³/mol. The highest BCUT2D eigenvalue weighted by Gasteiger charge is 2.15. The van der Waals surface area contributed by atoms with Crippen molar-refractivity contribution in [1.82, 2.24) is 0 Å². The van der Waals surface area contributed by atoms with E-state index in [1.54, 1.807) is 19.2 Å². The number of hydrogen-bond acceptors (Lipinski definition) is 4. The maximum absolute atomic E-state index is 10.7. The second-order valence-electron chi connectivity index (χ2n) is 3.61. The maximum Gasteiger partial charge on any atom is 0.344 e. The SMILES string of the molecule is COc1ccc(CCN)c(OC(C)C(=O)O)c1. The molecule has 0 saturated heterocycles. The first-order valence-electron chi connectivity index (χ1n) is 5.35. The number of carboxylic acids is 1. The molecule has 0 aromatic heterocycles. The Morgan fingerprint density at radius 2 is 2.24 bits per heavy atom. The Morgan fingerprint density at radius 1 is 1.53 bits per heavy atom. The molecular formula is C12H17NO4. The zero-order chi connectivity index (χ0) is 12.8. The van der Waals surface area contributed by atoms with E-state index in [4.69, 9.17) is 20.3 Å². The van der Waals surface area contributed by atoms with Crippen LogP contribution in [0, 0.1) is 0 Å². The summed E-state index contributed by atoms with van der Waals surface area (Å²) in [4.78, 5) is 10.7. The average Bonchev–Trinajstić information content (AvgIpc) is 2.31. The lowest BCUT2D eigenvalue weighted by Crippen LogP contribution is -2.23. The van der Waals surface area contributed by atoms with Crippen molar-refractivity contribution in [3.8, 4) is 11.5 Å². The van der Waals surface area contributed by atoms with Crippen molar-refractivity contribution in [3.63, 3.8) is 0 Å². The largest absolute Gasteiger partial charge is 0.497 e. The topological polar surface area (TPSA) is 81.8 Å². The summed E-state index contributed by atoms with van der Waals surface area (Å²) in [5, 5.41) is 8.81. The van der Waals surface area contributed by atoms with Crippen molar-refractivity contribution in [2.45, 2.75) is 19.4 Å². The van der Waals surface area contributed by atoms with Gasteiger partial charge in [0.05, 0.1) is 7.11 Å². The Hall–Kier alpha value is -1.75. The molecule has 1 rings (SSSR count). The molecule has 0 aliphatic heterocycles. The van der Waals surface area contributed by atoms with E-state index in [1.807, 2.05) is 6.07 Å². The van der Waals surface area contributed by atoms with Crippen LogP contribution in [-0.2, 0) is 11.2 Å². The molecule has 5 heteroatoms. The molecule has 0 aliphatic rings. The molecule has 1 aromatic rings. The van der Waals surface area contributed by atoms with Gasteiger partial charge in [-0.05, 0) is 31.5 Å². The molecule has 0 heterocycles. The summed E-state index contributed by atoms with van der Waals surface area (Å²) >= 11 is 0. The number of hydrogen-bond donors (Lipinski definition) is 2. The molecule has 0 radical (unpaired) electrons. The molecule has 0 aliphatic carbocycles. The van der Waals surface area contributed by atoms with E-state index in [-0.39, 0.29) is 0 Å². The molecule has 17 heavy (non-hydrogen) atoms. The lowest BCUT2D eigenvalue weighted by molar-refractivity contribution is -0.144. The third-order valence-electron chi connectivity index (χ3n) is 2.34. The van der Waals surface area contributed by atoms with Crippen LogP contribution in [0.5, 0.6) is 11.5 Å². The molecular weight excluding hydrogens is 222 g/mol. The summed E-state index contributed by atoms with van der Waals surface area (Å²) in [5.41, 5.74) is 6.36. The number of carboxylic acid groups (broad SMARTS) is 1. The van der Waals surface area contributed by atoms with Crippen LogP contribution in [-0.4, -0.2) is 30.8 Å². The van der Waals surface area contributed by atoms with E-state index >= 15 is 0 Å². The molecule has 0 fully saturated rings. The van der Waals surface area contributed by atoms with Crippen LogP contribution < -0.4 is 15.2 Å². The summed E-state index contributed by atoms with van der Waals surface area (Å²) in [5.74, 6) is 0.120. The van der Waals surface area contributed by atoms with Gasteiger partial charge in [0.15, 0.2) is 6.10 Å². The third kappa shape index (κ3) is 3.64. The molecule has 1 atom stereocenters. The molecule has 5 nitrogen and oxygen atoms in total. The van der Waals surface area contributed by atoms with Crippen molar-refractivity contribution in [2.24, 2.45) is 5.73 Å². The number of aliphatic carboxylic acids is 1. The van der Waals surface area contributed by atoms with E-state index in [9.17, 15) is 4.79 Å². The number of carbonyl (C=O) groups is 1. The fraction of sp³-hybridized carbons (Fsp3) is 0.417. The van der Waals surface area contributed by atoms with Crippen molar-refractivity contribution in [1.29, 1.82) is 0 Å². The van der Waals surface area contributed by atoms with Gasteiger partial charge in [-0.2, -0.15) is 0 Å². The molecule has 1 aromatic carbocycles. The van der Waals surface area contributed by atoms with Crippen molar-refractivity contribution in [3.05, 3.63) is 23.8 Å². The first-order valence-corrected chi connectivity index (χ1v) is 5.35. The first kappa shape index (κ1) is 13.3. The average molecular weight is 239 g/mol. The molecule has 94 valence electrons. The summed E-state index contributed by atoms with van der Waals surface area (Å²) in [6.45, 7) is 1.96. The first-order chi connectivity index (χ1) is 8.08. The van der Waals surface area contributed by atoms with Crippen LogP contribution in [0.2, 0.25) is 0 Å². The van der Waals surface area contributed by atoms with Gasteiger partial charge in [0.1, 0.15) is 11.5 Å². The Morgan fingerprint density at radius 3 is 2.76 bits per heavy atom. The van der Waals surface area contributed by atoms with Gasteiger partial charge in [-0.3, -0.25) is 0 Å². The van der Waals surface area contributed by atoms with E-state index < -0.39 is 12.1 Å². The highest BCUT2D eigenvalue weighted by Crippen LogP contribution is 2.26. The fourth-order valence-corrected chi connectivity index (χ4v) is 1.37. The van der Waals surface area contributed by atoms with Crippen molar-refractivity contribution < 1.29 is 19.4 Å². The Bertz CT molecular complexity index is 392. The molecule has 0 bridgehead atoms. The van der Waals surface area contributed by atoms with Gasteiger partial charge >= 0.3 is 5.97 Å². The highest BCUT2D eigenvalue weighted by atomic mass is 16.5. The zero-order valence-corrected chi connectivity index (χ0v) is 9.97. The minimum Gasteiger partial charge on any atom is -0.497 e. The second-order valence-corrected chi connectivity index (χ2v) is 3.61. The summed E-state index contributed by atoms with van der Waals surface area (Å²) < 4.78 is 10.4. The smallest absolute Gasteiger partial charge is 0.344 e. The van der Waals surface area contributed by atoms with Crippen LogP contribution in [0.3, 0.4) is 0 Å². The normalized spacial score (nSPS) is 11.9. The van der Waals surface area contributed by atoms with E-state index in [0.717, 1.165) is 5.56 Å². The van der Waals surface area contributed by atoms with Crippen LogP contribution >= 0.6 is 0 Å². The van der Waals surface area contributed by atoms with Gasteiger partial charge in [-0.1, -0.05) is 6.07 Å². The Kier molecular flexibility index (Phi) is 4.78. The maximum atomic E-state index is 10.7. The number of methoxy groups -OCH3 is 1. The minimum absolute atomic E-state index is 0.476. The lowest BCUT2D eigenvalue weighted by atomic mass is 10.1. The highest BCUT2D eigenvalue weighted by molar-refractivity contribution is 5.72. The van der Waals surface area contributed by atoms with Crippen LogP contribution in [0.4, 0.5) is 0 Å². The van der Waals surface area contributed by atoms with E-state index in [2.05, 4.69) is 0 Å². The molecule has 0 saturated carbocycles. The predicted octanol–water partition coefficient (Wildman–Crippen LogP) is 1.05. The summed E-state index contributed by atoms with van der Waals surface area (Å²) in [6, 6.07) is 5.29. The molecule has 0 amide bonds. The van der Waals surface area contributed by atoms with Gasteiger partial charge in [-0.15, -0.1) is 0 Å². The van der Waals surface area contributed by atoms with Gasteiger partial charge in [0.2, 0.25) is 0 Å². The standard InChI is InChI=1S/C12H17NO4/c1-8(12(14)15)17-11-7-10(16-2)4-3-9(11)5-6-13/h3-4,7-8H,5-6,13H2,1-2H3,(H,14,15). The van der Waals surface area contributed by atoms with Crippen LogP contribution in [0.1, 0.15) is 12.5 Å². The monoisotopic (exact) mass is 239 g/mol. The van der Waals surface area contributed by atoms with Crippen LogP contribution in [0.25, 0.3) is 0 Å². The zero-order valence-electron chi connectivity index (χ0n) is 9.97. The molecule has 1 unspecified atom stereocenters. The quantitative estimate of drug-likeness (QED) is 0.775. The van der Waals surface area contributed by atoms with Gasteiger partial charge in [0.25, 0.3) is 0 Å². The van der Waals surface area contributed by atoms with Gasteiger partial charge in [0, 0.05) is 6.07 Å². The van der Waals surface area contributed by atoms with E-state index in [0.29, 0.717) is 24.5 Å². The Labute approximate surface area is 100 Å². The fourth-order valence-electron chi connectivity index (χ4n) is 1.37. The summed E-state index contributed by atoms with van der Waals surface area (Å²) in [7, 11) is 1.54. The molecule has 0 spiro atoms. The number of nitrogens with two attached hydrogens (primary N) is 1. The van der Waals surface area contributed by atoms with Crippen molar-refractivity contribution >= 4 is 5.97 Å². The minimum atomic E-state index is -1.01. The van der Waals surface area contributed by atoms with E-state index in [1.165, 1.54) is 6.92 Å². The van der Waals surface area contributed by atoms with Crippen LogP contribution in [0.15, 0.2) is 18.2 Å². The molecule has 3 N–H and O–H groups in total. The third-order valence-corrected chi connectivity index (χ3v) is 2.34. The Balaban J connectivity index is 2.95. The van der Waals surface area contributed by atoms with Gasteiger partial charge in [-0.25, -0.2) is 4.79 Å². The van der Waals surface area contributed by atoms with Crippen molar-refractivity contribution in [2.75, 3.05) is 13.7 Å². The second kappa shape index (κ2) is 6.10. The lowest BCUT2D eigenvalue weighted by Gasteiger charge is -2.15.